The number of ether oxygens (including phenoxy) is 2. The molecule has 0 aromatic heterocycles. The van der Waals surface area contributed by atoms with Crippen LogP contribution in [-0.2, 0) is 9.53 Å². The third-order valence-corrected chi connectivity index (χ3v) is 3.02. The lowest BCUT2D eigenvalue weighted by molar-refractivity contribution is -0.385. The van der Waals surface area contributed by atoms with Crippen LogP contribution in [0.5, 0.6) is 5.75 Å². The van der Waals surface area contributed by atoms with Crippen LogP contribution in [0, 0.1) is 17.0 Å². The van der Waals surface area contributed by atoms with Crippen molar-refractivity contribution >= 4 is 11.7 Å². The number of methoxy groups -OCH3 is 1. The number of nitro groups is 1. The number of carbonyl (C=O) groups excluding carboxylic acids is 1. The molecular formula is C13H18N2O5. The average Bonchev–Trinajstić information content (AvgIpc) is 2.43. The first-order chi connectivity index (χ1) is 9.34. The lowest BCUT2D eigenvalue weighted by Gasteiger charge is -2.25. The molecule has 1 rings (SSSR count). The van der Waals surface area contributed by atoms with E-state index in [4.69, 9.17) is 4.74 Å². The quantitative estimate of drug-likeness (QED) is 0.482. The van der Waals surface area contributed by atoms with E-state index in [1.807, 2.05) is 0 Å². The van der Waals surface area contributed by atoms with E-state index >= 15 is 0 Å². The zero-order chi connectivity index (χ0) is 15.3. The molecule has 0 amide bonds. The fourth-order valence-corrected chi connectivity index (χ4v) is 1.57. The second kappa shape index (κ2) is 6.33. The summed E-state index contributed by atoms with van der Waals surface area (Å²) in [4.78, 5) is 22.1. The highest BCUT2D eigenvalue weighted by atomic mass is 16.6. The fourth-order valence-electron chi connectivity index (χ4n) is 1.57. The monoisotopic (exact) mass is 282 g/mol. The average molecular weight is 282 g/mol. The highest BCUT2D eigenvalue weighted by Crippen LogP contribution is 2.28. The van der Waals surface area contributed by atoms with Gasteiger partial charge in [-0.2, -0.15) is 0 Å². The summed E-state index contributed by atoms with van der Waals surface area (Å²) in [7, 11) is 2.86. The Balaban J connectivity index is 2.96. The summed E-state index contributed by atoms with van der Waals surface area (Å²) >= 11 is 0. The molecule has 0 saturated carbocycles. The molecule has 7 nitrogen and oxygen atoms in total. The topological polar surface area (TPSA) is 90.7 Å². The Bertz CT molecular complexity index is 517. The van der Waals surface area contributed by atoms with Crippen LogP contribution in [-0.4, -0.2) is 37.2 Å². The maximum atomic E-state index is 11.7. The highest BCUT2D eigenvalue weighted by molar-refractivity contribution is 5.80. The highest BCUT2D eigenvalue weighted by Gasteiger charge is 2.34. The molecule has 0 heterocycles. The second-order valence-corrected chi connectivity index (χ2v) is 4.59. The number of carbonyl (C=O) groups is 1. The molecule has 7 heteroatoms. The summed E-state index contributed by atoms with van der Waals surface area (Å²) in [5, 5.41) is 13.7. The minimum absolute atomic E-state index is 0.0829. The normalized spacial score (nSPS) is 13.4. The summed E-state index contributed by atoms with van der Waals surface area (Å²) in [6.07, 6.45) is 0. The van der Waals surface area contributed by atoms with Gasteiger partial charge in [0, 0.05) is 6.07 Å². The lowest BCUT2D eigenvalue weighted by Crippen LogP contribution is -2.52. The molecule has 1 aromatic rings. The van der Waals surface area contributed by atoms with Gasteiger partial charge in [0.05, 0.1) is 12.0 Å². The van der Waals surface area contributed by atoms with Gasteiger partial charge >= 0.3 is 11.7 Å². The molecule has 0 saturated heterocycles. The molecule has 1 unspecified atom stereocenters. The molecule has 20 heavy (non-hydrogen) atoms. The number of esters is 1. The minimum atomic E-state index is -1.08. The molecule has 1 aromatic carbocycles. The Kier molecular flexibility index (Phi) is 5.04. The number of nitro benzene ring substituents is 1. The number of likely N-dealkylation sites (N-methyl/N-ethyl adjacent to an activating group) is 1. The number of hydrogen-bond donors (Lipinski definition) is 1. The van der Waals surface area contributed by atoms with Gasteiger partial charge in [-0.1, -0.05) is 6.07 Å². The molecule has 0 aliphatic heterocycles. The van der Waals surface area contributed by atoms with Gasteiger partial charge in [-0.05, 0) is 32.5 Å². The molecule has 0 bridgehead atoms. The van der Waals surface area contributed by atoms with Gasteiger partial charge in [0.15, 0.2) is 5.75 Å². The maximum Gasteiger partial charge on any atom is 0.329 e. The number of nitrogens with one attached hydrogen (secondary N) is 1. The summed E-state index contributed by atoms with van der Waals surface area (Å²) in [5.74, 6) is -0.379. The SMILES string of the molecule is CNC(C)(COc1cc(C)ccc1[N+](=O)[O-])C(=O)OC. The molecule has 0 aliphatic rings. The Hall–Kier alpha value is -2.15. The zero-order valence-corrected chi connectivity index (χ0v) is 11.9. The van der Waals surface area contributed by atoms with E-state index < -0.39 is 16.4 Å². The van der Waals surface area contributed by atoms with Crippen molar-refractivity contribution in [2.75, 3.05) is 20.8 Å². The molecule has 1 N–H and O–H groups in total. The van der Waals surface area contributed by atoms with Crippen molar-refractivity contribution in [2.24, 2.45) is 0 Å². The van der Waals surface area contributed by atoms with E-state index in [0.29, 0.717) is 0 Å². The minimum Gasteiger partial charge on any atom is -0.484 e. The largest absolute Gasteiger partial charge is 0.484 e. The van der Waals surface area contributed by atoms with Crippen LogP contribution in [0.15, 0.2) is 18.2 Å². The van der Waals surface area contributed by atoms with Crippen LogP contribution < -0.4 is 10.1 Å². The number of hydrogen-bond acceptors (Lipinski definition) is 6. The number of rotatable bonds is 6. The van der Waals surface area contributed by atoms with Crippen molar-refractivity contribution < 1.29 is 19.2 Å². The van der Waals surface area contributed by atoms with Crippen LogP contribution in [0.4, 0.5) is 5.69 Å². The van der Waals surface area contributed by atoms with Gasteiger partial charge in [0.1, 0.15) is 12.1 Å². The molecule has 0 fully saturated rings. The Morgan fingerprint density at radius 2 is 2.15 bits per heavy atom. The zero-order valence-electron chi connectivity index (χ0n) is 11.9. The molecule has 0 aliphatic carbocycles. The summed E-state index contributed by atoms with van der Waals surface area (Å²) in [6.45, 7) is 3.31. The van der Waals surface area contributed by atoms with Gasteiger partial charge in [-0.25, -0.2) is 4.79 Å². The lowest BCUT2D eigenvalue weighted by atomic mass is 10.1. The number of aryl methyl sites for hydroxylation is 1. The maximum absolute atomic E-state index is 11.7. The molecule has 0 spiro atoms. The number of nitrogens with zero attached hydrogens (tertiary/aromatic N) is 1. The van der Waals surface area contributed by atoms with Gasteiger partial charge in [-0.3, -0.25) is 10.1 Å². The van der Waals surface area contributed by atoms with Crippen LogP contribution in [0.25, 0.3) is 0 Å². The Morgan fingerprint density at radius 3 is 2.65 bits per heavy atom. The van der Waals surface area contributed by atoms with Gasteiger partial charge in [0.2, 0.25) is 0 Å². The van der Waals surface area contributed by atoms with Crippen LogP contribution in [0.2, 0.25) is 0 Å². The van der Waals surface area contributed by atoms with Crippen molar-refractivity contribution in [3.8, 4) is 5.75 Å². The predicted octanol–water partition coefficient (Wildman–Crippen LogP) is 1.43. The molecule has 0 radical (unpaired) electrons. The van der Waals surface area contributed by atoms with Gasteiger partial charge < -0.3 is 14.8 Å². The third-order valence-electron chi connectivity index (χ3n) is 3.02. The van der Waals surface area contributed by atoms with E-state index in [0.717, 1.165) is 5.56 Å². The smallest absolute Gasteiger partial charge is 0.329 e. The molecule has 110 valence electrons. The molecule has 1 atom stereocenters. The summed E-state index contributed by atoms with van der Waals surface area (Å²) < 4.78 is 10.1. The Morgan fingerprint density at radius 1 is 1.50 bits per heavy atom. The van der Waals surface area contributed by atoms with E-state index in [9.17, 15) is 14.9 Å². The van der Waals surface area contributed by atoms with E-state index in [-0.39, 0.29) is 18.0 Å². The second-order valence-electron chi connectivity index (χ2n) is 4.59. The van der Waals surface area contributed by atoms with Crippen molar-refractivity contribution in [1.82, 2.24) is 5.32 Å². The van der Waals surface area contributed by atoms with Crippen molar-refractivity contribution in [1.29, 1.82) is 0 Å². The van der Waals surface area contributed by atoms with Gasteiger partial charge in [-0.15, -0.1) is 0 Å². The first kappa shape index (κ1) is 15.9. The first-order valence-corrected chi connectivity index (χ1v) is 5.99. The van der Waals surface area contributed by atoms with Crippen molar-refractivity contribution in [3.05, 3.63) is 33.9 Å². The van der Waals surface area contributed by atoms with E-state index in [1.54, 1.807) is 33.0 Å². The summed E-state index contributed by atoms with van der Waals surface area (Å²) in [5.41, 5.74) is -0.388. The third kappa shape index (κ3) is 3.45. The van der Waals surface area contributed by atoms with Crippen LogP contribution in [0.1, 0.15) is 12.5 Å². The van der Waals surface area contributed by atoms with Crippen molar-refractivity contribution in [2.45, 2.75) is 19.4 Å². The van der Waals surface area contributed by atoms with Crippen molar-refractivity contribution in [3.63, 3.8) is 0 Å². The standard InChI is InChI=1S/C13H18N2O5/c1-9-5-6-10(15(17)18)11(7-9)20-8-13(2,14-3)12(16)19-4/h5-7,14H,8H2,1-4H3. The Labute approximate surface area is 117 Å². The van der Waals surface area contributed by atoms with Gasteiger partial charge in [0.25, 0.3) is 0 Å². The first-order valence-electron chi connectivity index (χ1n) is 5.99. The van der Waals surface area contributed by atoms with Crippen LogP contribution in [0.3, 0.4) is 0 Å². The van der Waals surface area contributed by atoms with Crippen LogP contribution >= 0.6 is 0 Å². The molecular weight excluding hydrogens is 264 g/mol. The predicted molar refractivity (Wildman–Crippen MR) is 72.8 cm³/mol. The summed E-state index contributed by atoms with van der Waals surface area (Å²) in [6, 6.07) is 4.56. The fraction of sp³-hybridized carbons (Fsp3) is 0.462. The van der Waals surface area contributed by atoms with E-state index in [2.05, 4.69) is 10.1 Å². The number of benzene rings is 1. The van der Waals surface area contributed by atoms with E-state index in [1.165, 1.54) is 13.2 Å².